The molecule has 0 aliphatic rings. The number of hydrogen-bond acceptors (Lipinski definition) is 2. The predicted molar refractivity (Wildman–Crippen MR) is 69.3 cm³/mol. The molecule has 0 atom stereocenters. The fourth-order valence-electron chi connectivity index (χ4n) is 1.10. The largest absolute Gasteiger partial charge is 0.346 e. The van der Waals surface area contributed by atoms with Crippen molar-refractivity contribution in [2.75, 3.05) is 6.54 Å². The van der Waals surface area contributed by atoms with E-state index in [-0.39, 0.29) is 29.5 Å². The van der Waals surface area contributed by atoms with E-state index in [1.807, 2.05) is 0 Å². The molecule has 3 nitrogen and oxygen atoms in total. The Labute approximate surface area is 111 Å². The van der Waals surface area contributed by atoms with E-state index in [0.29, 0.717) is 0 Å². The third kappa shape index (κ3) is 4.15. The smallest absolute Gasteiger partial charge is 0.254 e. The van der Waals surface area contributed by atoms with Crippen molar-refractivity contribution in [1.82, 2.24) is 5.32 Å². The van der Waals surface area contributed by atoms with Gasteiger partial charge in [0.25, 0.3) is 5.91 Å². The molecule has 0 aromatic heterocycles. The first-order chi connectivity index (χ1) is 7.37. The lowest BCUT2D eigenvalue weighted by atomic mass is 10.1. The summed E-state index contributed by atoms with van der Waals surface area (Å²) in [6, 6.07) is 4.29. The van der Waals surface area contributed by atoms with Crippen LogP contribution in [0, 0.1) is 5.82 Å². The maximum atomic E-state index is 13.5. The maximum absolute atomic E-state index is 13.5. The first-order valence-corrected chi connectivity index (χ1v) is 5.22. The van der Waals surface area contributed by atoms with E-state index in [2.05, 4.69) is 5.32 Å². The summed E-state index contributed by atoms with van der Waals surface area (Å²) in [6.07, 6.45) is 0. The Balaban J connectivity index is 0.00000256. The lowest BCUT2D eigenvalue weighted by Gasteiger charge is -2.24. The zero-order valence-corrected chi connectivity index (χ0v) is 11.2. The van der Waals surface area contributed by atoms with Crippen molar-refractivity contribution in [3.8, 4) is 0 Å². The maximum Gasteiger partial charge on any atom is 0.254 e. The molecule has 1 amide bonds. The SMILES string of the molecule is CC(C)(CN)NC(=O)c1cccc(Cl)c1F.Cl. The van der Waals surface area contributed by atoms with E-state index in [9.17, 15) is 9.18 Å². The van der Waals surface area contributed by atoms with E-state index < -0.39 is 17.3 Å². The number of benzene rings is 1. The van der Waals surface area contributed by atoms with Gasteiger partial charge in [0.2, 0.25) is 0 Å². The van der Waals surface area contributed by atoms with E-state index in [1.165, 1.54) is 18.2 Å². The predicted octanol–water partition coefficient (Wildman–Crippen LogP) is 2.37. The standard InChI is InChI=1S/C11H14ClFN2O.ClH/c1-11(2,6-14)15-10(16)7-4-3-5-8(12)9(7)13;/h3-5H,6,14H2,1-2H3,(H,15,16);1H. The Morgan fingerprint density at radius 1 is 1.53 bits per heavy atom. The molecule has 0 aliphatic carbocycles. The molecule has 0 unspecified atom stereocenters. The zero-order chi connectivity index (χ0) is 12.3. The van der Waals surface area contributed by atoms with Crippen LogP contribution in [0.1, 0.15) is 24.2 Å². The normalized spacial score (nSPS) is 10.6. The van der Waals surface area contributed by atoms with Gasteiger partial charge in [-0.2, -0.15) is 0 Å². The Hall–Kier alpha value is -0.840. The van der Waals surface area contributed by atoms with Gasteiger partial charge in [0.1, 0.15) is 0 Å². The Morgan fingerprint density at radius 2 is 2.12 bits per heavy atom. The fraction of sp³-hybridized carbons (Fsp3) is 0.364. The topological polar surface area (TPSA) is 55.1 Å². The molecule has 0 aliphatic heterocycles. The molecule has 6 heteroatoms. The van der Waals surface area contributed by atoms with Crippen molar-refractivity contribution < 1.29 is 9.18 Å². The summed E-state index contributed by atoms with van der Waals surface area (Å²) < 4.78 is 13.5. The summed E-state index contributed by atoms with van der Waals surface area (Å²) in [6.45, 7) is 3.78. The average molecular weight is 281 g/mol. The number of hydrogen-bond donors (Lipinski definition) is 2. The number of amides is 1. The molecule has 17 heavy (non-hydrogen) atoms. The summed E-state index contributed by atoms with van der Waals surface area (Å²) in [7, 11) is 0. The second kappa shape index (κ2) is 6.19. The fourth-order valence-corrected chi connectivity index (χ4v) is 1.28. The first-order valence-electron chi connectivity index (χ1n) is 4.84. The summed E-state index contributed by atoms with van der Waals surface area (Å²) in [5, 5.41) is 2.56. The third-order valence-electron chi connectivity index (χ3n) is 2.16. The summed E-state index contributed by atoms with van der Waals surface area (Å²) in [5.74, 6) is -1.23. The van der Waals surface area contributed by atoms with Crippen molar-refractivity contribution in [3.63, 3.8) is 0 Å². The van der Waals surface area contributed by atoms with Gasteiger partial charge in [-0.3, -0.25) is 4.79 Å². The monoisotopic (exact) mass is 280 g/mol. The first kappa shape index (κ1) is 16.2. The molecule has 1 aromatic carbocycles. The highest BCUT2D eigenvalue weighted by molar-refractivity contribution is 6.31. The van der Waals surface area contributed by atoms with Crippen molar-refractivity contribution in [1.29, 1.82) is 0 Å². The van der Waals surface area contributed by atoms with E-state index in [1.54, 1.807) is 13.8 Å². The van der Waals surface area contributed by atoms with Crippen LogP contribution in [-0.2, 0) is 0 Å². The lowest BCUT2D eigenvalue weighted by molar-refractivity contribution is 0.0911. The summed E-state index contributed by atoms with van der Waals surface area (Å²) in [4.78, 5) is 11.7. The summed E-state index contributed by atoms with van der Waals surface area (Å²) in [5.41, 5.74) is 4.81. The molecular weight excluding hydrogens is 266 g/mol. The van der Waals surface area contributed by atoms with Crippen LogP contribution in [0.15, 0.2) is 18.2 Å². The van der Waals surface area contributed by atoms with Crippen LogP contribution in [0.3, 0.4) is 0 Å². The number of nitrogens with one attached hydrogen (secondary N) is 1. The van der Waals surface area contributed by atoms with Crippen molar-refractivity contribution in [3.05, 3.63) is 34.6 Å². The van der Waals surface area contributed by atoms with Crippen LogP contribution in [0.2, 0.25) is 5.02 Å². The van der Waals surface area contributed by atoms with Crippen LogP contribution in [0.25, 0.3) is 0 Å². The van der Waals surface area contributed by atoms with E-state index in [0.717, 1.165) is 0 Å². The molecule has 96 valence electrons. The van der Waals surface area contributed by atoms with Crippen LogP contribution in [-0.4, -0.2) is 18.0 Å². The highest BCUT2D eigenvalue weighted by atomic mass is 35.5. The second-order valence-corrected chi connectivity index (χ2v) is 4.55. The van der Waals surface area contributed by atoms with Gasteiger partial charge in [-0.25, -0.2) is 4.39 Å². The Kier molecular flexibility index (Phi) is 5.88. The molecule has 0 saturated carbocycles. The van der Waals surface area contributed by atoms with Crippen LogP contribution in [0.4, 0.5) is 4.39 Å². The third-order valence-corrected chi connectivity index (χ3v) is 2.45. The minimum Gasteiger partial charge on any atom is -0.346 e. The van der Waals surface area contributed by atoms with Crippen LogP contribution >= 0.6 is 24.0 Å². The van der Waals surface area contributed by atoms with Crippen LogP contribution in [0.5, 0.6) is 0 Å². The average Bonchev–Trinajstić information content (AvgIpc) is 2.21. The molecular formula is C11H15Cl2FN2O. The van der Waals surface area contributed by atoms with Gasteiger partial charge in [-0.05, 0) is 26.0 Å². The van der Waals surface area contributed by atoms with Gasteiger partial charge < -0.3 is 11.1 Å². The molecule has 1 rings (SSSR count). The molecule has 3 N–H and O–H groups in total. The van der Waals surface area contributed by atoms with Crippen LogP contribution < -0.4 is 11.1 Å². The van der Waals surface area contributed by atoms with Crippen molar-refractivity contribution in [2.45, 2.75) is 19.4 Å². The van der Waals surface area contributed by atoms with Gasteiger partial charge in [0, 0.05) is 12.1 Å². The molecule has 0 radical (unpaired) electrons. The zero-order valence-electron chi connectivity index (χ0n) is 9.59. The molecule has 0 saturated heterocycles. The number of nitrogens with two attached hydrogens (primary N) is 1. The number of halogens is 3. The number of carbonyl (C=O) groups excluding carboxylic acids is 1. The quantitative estimate of drug-likeness (QED) is 0.893. The van der Waals surface area contributed by atoms with Gasteiger partial charge in [-0.1, -0.05) is 17.7 Å². The molecule has 0 bridgehead atoms. The van der Waals surface area contributed by atoms with Gasteiger partial charge >= 0.3 is 0 Å². The van der Waals surface area contributed by atoms with Gasteiger partial charge in [-0.15, -0.1) is 12.4 Å². The Morgan fingerprint density at radius 3 is 2.65 bits per heavy atom. The molecule has 1 aromatic rings. The minimum atomic E-state index is -0.713. The highest BCUT2D eigenvalue weighted by Gasteiger charge is 2.21. The molecule has 0 fully saturated rings. The van der Waals surface area contributed by atoms with E-state index >= 15 is 0 Å². The highest BCUT2D eigenvalue weighted by Crippen LogP contribution is 2.18. The Bertz CT molecular complexity index is 410. The lowest BCUT2D eigenvalue weighted by Crippen LogP contribution is -2.49. The van der Waals surface area contributed by atoms with Crippen molar-refractivity contribution in [2.24, 2.45) is 5.73 Å². The second-order valence-electron chi connectivity index (χ2n) is 4.14. The molecule has 0 spiro atoms. The minimum absolute atomic E-state index is 0. The van der Waals surface area contributed by atoms with E-state index in [4.69, 9.17) is 17.3 Å². The van der Waals surface area contributed by atoms with Gasteiger partial charge in [0.15, 0.2) is 5.82 Å². The number of carbonyl (C=O) groups is 1. The summed E-state index contributed by atoms with van der Waals surface area (Å²) >= 11 is 5.58. The molecule has 0 heterocycles. The number of rotatable bonds is 3. The van der Waals surface area contributed by atoms with Gasteiger partial charge in [0.05, 0.1) is 10.6 Å². The van der Waals surface area contributed by atoms with Crippen molar-refractivity contribution >= 4 is 29.9 Å².